The molecule has 1 aromatic heterocycles. The molecule has 21 heavy (non-hydrogen) atoms. The van der Waals surface area contributed by atoms with E-state index < -0.39 is 0 Å². The highest BCUT2D eigenvalue weighted by atomic mass is 32.1. The van der Waals surface area contributed by atoms with Crippen LogP contribution in [-0.4, -0.2) is 17.4 Å². The van der Waals surface area contributed by atoms with Crippen molar-refractivity contribution in [3.63, 3.8) is 0 Å². The topological polar surface area (TPSA) is 46.3 Å². The van der Waals surface area contributed by atoms with Crippen molar-refractivity contribution in [2.45, 2.75) is 32.4 Å². The second-order valence-corrected chi connectivity index (χ2v) is 6.51. The third-order valence-electron chi connectivity index (χ3n) is 4.22. The Morgan fingerprint density at radius 1 is 1.33 bits per heavy atom. The van der Waals surface area contributed by atoms with Crippen LogP contribution < -0.4 is 5.73 Å². The largest absolute Gasteiger partial charge is 0.366 e. The molecule has 3 rings (SSSR count). The summed E-state index contributed by atoms with van der Waals surface area (Å²) in [5, 5.41) is 2.21. The maximum atomic E-state index is 11.1. The quantitative estimate of drug-likeness (QED) is 0.941. The molecule has 0 fully saturated rings. The number of nitrogens with two attached hydrogens (primary N) is 1. The summed E-state index contributed by atoms with van der Waals surface area (Å²) >= 11 is 1.88. The molecule has 0 radical (unpaired) electrons. The predicted octanol–water partition coefficient (Wildman–Crippen LogP) is 3.36. The zero-order valence-corrected chi connectivity index (χ0v) is 13.0. The lowest BCUT2D eigenvalue weighted by molar-refractivity contribution is 0.1000. The Labute approximate surface area is 129 Å². The highest BCUT2D eigenvalue weighted by molar-refractivity contribution is 7.10. The Hall–Kier alpha value is -1.65. The number of hydrogen-bond acceptors (Lipinski definition) is 3. The molecule has 0 saturated heterocycles. The van der Waals surface area contributed by atoms with Gasteiger partial charge in [0.05, 0.1) is 0 Å². The monoisotopic (exact) mass is 300 g/mol. The molecule has 2 N–H and O–H groups in total. The molecule has 1 aliphatic rings. The number of hydrogen-bond donors (Lipinski definition) is 1. The first-order valence-electron chi connectivity index (χ1n) is 7.38. The van der Waals surface area contributed by atoms with Crippen molar-refractivity contribution in [3.05, 3.63) is 57.3 Å². The molecule has 3 nitrogen and oxygen atoms in total. The zero-order chi connectivity index (χ0) is 14.8. The second-order valence-electron chi connectivity index (χ2n) is 5.50. The van der Waals surface area contributed by atoms with Gasteiger partial charge in [-0.05, 0) is 47.5 Å². The van der Waals surface area contributed by atoms with Crippen molar-refractivity contribution in [2.24, 2.45) is 5.73 Å². The second kappa shape index (κ2) is 6.00. The highest BCUT2D eigenvalue weighted by Gasteiger charge is 2.26. The maximum absolute atomic E-state index is 11.1. The molecule has 1 atom stereocenters. The van der Waals surface area contributed by atoms with E-state index in [1.54, 1.807) is 4.88 Å². The first-order valence-corrected chi connectivity index (χ1v) is 8.26. The van der Waals surface area contributed by atoms with Gasteiger partial charge in [0.1, 0.15) is 0 Å². The van der Waals surface area contributed by atoms with Gasteiger partial charge in [0.25, 0.3) is 0 Å². The molecule has 1 aromatic carbocycles. The van der Waals surface area contributed by atoms with Crippen LogP contribution >= 0.6 is 11.3 Å². The number of amides is 1. The normalized spacial score (nSPS) is 18.4. The van der Waals surface area contributed by atoms with Gasteiger partial charge in [-0.25, -0.2) is 0 Å². The molecule has 1 aliphatic heterocycles. The zero-order valence-electron chi connectivity index (χ0n) is 12.2. The van der Waals surface area contributed by atoms with Crippen LogP contribution in [0.4, 0.5) is 0 Å². The van der Waals surface area contributed by atoms with Gasteiger partial charge in [0, 0.05) is 29.6 Å². The molecule has 2 heterocycles. The molecule has 1 unspecified atom stereocenters. The SMILES string of the molecule is CCC1c2ccsc2CCN1Cc1ccc(C(N)=O)cc1. The van der Waals surface area contributed by atoms with Gasteiger partial charge in [0.15, 0.2) is 0 Å². The van der Waals surface area contributed by atoms with Gasteiger partial charge in [-0.15, -0.1) is 11.3 Å². The van der Waals surface area contributed by atoms with Crippen molar-refractivity contribution in [2.75, 3.05) is 6.54 Å². The van der Waals surface area contributed by atoms with E-state index in [-0.39, 0.29) is 5.91 Å². The van der Waals surface area contributed by atoms with Crippen molar-refractivity contribution in [3.8, 4) is 0 Å². The van der Waals surface area contributed by atoms with E-state index in [4.69, 9.17) is 5.73 Å². The first-order chi connectivity index (χ1) is 10.2. The van der Waals surface area contributed by atoms with E-state index in [1.807, 2.05) is 35.6 Å². The summed E-state index contributed by atoms with van der Waals surface area (Å²) in [5.74, 6) is -0.367. The molecule has 0 bridgehead atoms. The highest BCUT2D eigenvalue weighted by Crippen LogP contribution is 2.35. The van der Waals surface area contributed by atoms with E-state index >= 15 is 0 Å². The number of primary amides is 1. The van der Waals surface area contributed by atoms with Crippen molar-refractivity contribution >= 4 is 17.2 Å². The molecular weight excluding hydrogens is 280 g/mol. The van der Waals surface area contributed by atoms with Crippen molar-refractivity contribution < 1.29 is 4.79 Å². The Balaban J connectivity index is 1.77. The summed E-state index contributed by atoms with van der Waals surface area (Å²) in [5.41, 5.74) is 8.59. The van der Waals surface area contributed by atoms with E-state index in [1.165, 1.54) is 11.1 Å². The Kier molecular flexibility index (Phi) is 4.08. The number of nitrogens with zero attached hydrogens (tertiary/aromatic N) is 1. The summed E-state index contributed by atoms with van der Waals surface area (Å²) in [6.45, 7) is 4.27. The van der Waals surface area contributed by atoms with Crippen molar-refractivity contribution in [1.82, 2.24) is 4.90 Å². The van der Waals surface area contributed by atoms with Gasteiger partial charge < -0.3 is 5.73 Å². The van der Waals surface area contributed by atoms with Crippen LogP contribution in [-0.2, 0) is 13.0 Å². The van der Waals surface area contributed by atoms with Crippen LogP contribution in [0.5, 0.6) is 0 Å². The molecule has 0 spiro atoms. The van der Waals surface area contributed by atoms with Crippen LogP contribution in [0.25, 0.3) is 0 Å². The van der Waals surface area contributed by atoms with Crippen LogP contribution in [0.1, 0.15) is 45.7 Å². The van der Waals surface area contributed by atoms with E-state index in [0.29, 0.717) is 11.6 Å². The first kappa shape index (κ1) is 14.3. The van der Waals surface area contributed by atoms with Gasteiger partial charge in [0.2, 0.25) is 5.91 Å². The smallest absolute Gasteiger partial charge is 0.248 e. The van der Waals surface area contributed by atoms with Gasteiger partial charge >= 0.3 is 0 Å². The lowest BCUT2D eigenvalue weighted by Crippen LogP contribution is -2.33. The molecule has 110 valence electrons. The van der Waals surface area contributed by atoms with E-state index in [0.717, 1.165) is 25.9 Å². The molecular formula is C17H20N2OS. The fourth-order valence-corrected chi connectivity index (χ4v) is 4.05. The van der Waals surface area contributed by atoms with Crippen LogP contribution in [0.15, 0.2) is 35.7 Å². The Morgan fingerprint density at radius 3 is 2.76 bits per heavy atom. The minimum atomic E-state index is -0.367. The Bertz CT molecular complexity index is 632. The van der Waals surface area contributed by atoms with E-state index in [9.17, 15) is 4.79 Å². The molecule has 0 saturated carbocycles. The molecule has 4 heteroatoms. The van der Waals surface area contributed by atoms with Crippen LogP contribution in [0.3, 0.4) is 0 Å². The minimum absolute atomic E-state index is 0.367. The number of rotatable bonds is 4. The van der Waals surface area contributed by atoms with Gasteiger partial charge in [-0.3, -0.25) is 9.69 Å². The molecule has 1 amide bonds. The Morgan fingerprint density at radius 2 is 2.10 bits per heavy atom. The summed E-state index contributed by atoms with van der Waals surface area (Å²) in [7, 11) is 0. The van der Waals surface area contributed by atoms with Crippen LogP contribution in [0, 0.1) is 0 Å². The summed E-state index contributed by atoms with van der Waals surface area (Å²) in [6, 6.07) is 10.4. The van der Waals surface area contributed by atoms with Crippen LogP contribution in [0.2, 0.25) is 0 Å². The predicted molar refractivity (Wildman–Crippen MR) is 86.4 cm³/mol. The third-order valence-corrected chi connectivity index (χ3v) is 5.21. The van der Waals surface area contributed by atoms with Crippen molar-refractivity contribution in [1.29, 1.82) is 0 Å². The maximum Gasteiger partial charge on any atom is 0.248 e. The standard InChI is InChI=1S/C17H20N2OS/c1-2-15-14-8-10-21-16(14)7-9-19(15)11-12-3-5-13(6-4-12)17(18)20/h3-6,8,10,15H,2,7,9,11H2,1H3,(H2,18,20). The number of benzene rings is 1. The summed E-state index contributed by atoms with van der Waals surface area (Å²) in [4.78, 5) is 15.2. The lowest BCUT2D eigenvalue weighted by Gasteiger charge is -2.35. The summed E-state index contributed by atoms with van der Waals surface area (Å²) < 4.78 is 0. The molecule has 0 aliphatic carbocycles. The van der Waals surface area contributed by atoms with Gasteiger partial charge in [-0.1, -0.05) is 19.1 Å². The number of carbonyl (C=O) groups is 1. The average molecular weight is 300 g/mol. The van der Waals surface area contributed by atoms with Gasteiger partial charge in [-0.2, -0.15) is 0 Å². The number of thiophene rings is 1. The van der Waals surface area contributed by atoms with E-state index in [2.05, 4.69) is 23.3 Å². The summed E-state index contributed by atoms with van der Waals surface area (Å²) in [6.07, 6.45) is 2.27. The molecule has 2 aromatic rings. The lowest BCUT2D eigenvalue weighted by atomic mass is 9.97. The third kappa shape index (κ3) is 2.87. The average Bonchev–Trinajstić information content (AvgIpc) is 2.96. The minimum Gasteiger partial charge on any atom is -0.366 e. The fraction of sp³-hybridized carbons (Fsp3) is 0.353. The number of fused-ring (bicyclic) bond motifs is 1. The number of carbonyl (C=O) groups excluding carboxylic acids is 1. The fourth-order valence-electron chi connectivity index (χ4n) is 3.12.